The number of thioether (sulfide) groups is 2. The Hall–Kier alpha value is -0.720. The molecule has 2 unspecified atom stereocenters. The normalized spacial score (nSPS) is 27.3. The third-order valence-electron chi connectivity index (χ3n) is 3.69. The molecule has 0 bridgehead atoms. The molecule has 0 radical (unpaired) electrons. The van der Waals surface area contributed by atoms with Crippen LogP contribution in [0.5, 0.6) is 0 Å². The van der Waals surface area contributed by atoms with Crippen LogP contribution >= 0.6 is 23.5 Å². The Morgan fingerprint density at radius 3 is 3.15 bits per heavy atom. The molecule has 2 aliphatic rings. The van der Waals surface area contributed by atoms with E-state index in [-0.39, 0.29) is 11.3 Å². The van der Waals surface area contributed by atoms with Crippen molar-refractivity contribution in [1.29, 1.82) is 0 Å². The van der Waals surface area contributed by atoms with Gasteiger partial charge in [0, 0.05) is 49.3 Å². The highest BCUT2D eigenvalue weighted by Gasteiger charge is 2.33. The summed E-state index contributed by atoms with van der Waals surface area (Å²) in [5.74, 6) is 3.51. The molecule has 2 saturated heterocycles. The monoisotopic (exact) mass is 309 g/mol. The summed E-state index contributed by atoms with van der Waals surface area (Å²) in [5, 5.41) is 3.52. The number of nitrogens with zero attached hydrogens (tertiary/aromatic N) is 2. The summed E-state index contributed by atoms with van der Waals surface area (Å²) >= 11 is 3.71. The highest BCUT2D eigenvalue weighted by molar-refractivity contribution is 8.07. The molecular weight excluding hydrogens is 290 g/mol. The number of carbonyl (C=O) groups is 1. The van der Waals surface area contributed by atoms with Crippen molar-refractivity contribution >= 4 is 29.4 Å². The van der Waals surface area contributed by atoms with E-state index in [1.807, 2.05) is 35.8 Å². The first-order valence-corrected chi connectivity index (χ1v) is 9.17. The van der Waals surface area contributed by atoms with Gasteiger partial charge in [0.05, 0.1) is 11.3 Å². The highest BCUT2D eigenvalue weighted by atomic mass is 32.2. The molecule has 108 valence electrons. The third-order valence-corrected chi connectivity index (χ3v) is 6.43. The molecule has 0 spiro atoms. The van der Waals surface area contributed by atoms with E-state index in [0.717, 1.165) is 36.7 Å². The second-order valence-electron chi connectivity index (χ2n) is 4.97. The van der Waals surface area contributed by atoms with Crippen molar-refractivity contribution in [2.75, 3.05) is 36.9 Å². The summed E-state index contributed by atoms with van der Waals surface area (Å²) in [6, 6.07) is 4.13. The smallest absolute Gasteiger partial charge is 0.237 e. The maximum absolute atomic E-state index is 12.8. The van der Waals surface area contributed by atoms with E-state index in [4.69, 9.17) is 0 Å². The van der Waals surface area contributed by atoms with Crippen LogP contribution < -0.4 is 5.32 Å². The Kier molecular flexibility index (Phi) is 4.86. The second kappa shape index (κ2) is 6.83. The van der Waals surface area contributed by atoms with Crippen molar-refractivity contribution in [2.24, 2.45) is 0 Å². The molecule has 1 N–H and O–H groups in total. The van der Waals surface area contributed by atoms with Crippen LogP contribution in [0.3, 0.4) is 0 Å². The van der Waals surface area contributed by atoms with E-state index in [1.54, 1.807) is 6.20 Å². The fourth-order valence-corrected chi connectivity index (χ4v) is 5.27. The molecular formula is C14H19N3OS2. The largest absolute Gasteiger partial charge is 0.332 e. The first-order chi connectivity index (χ1) is 9.86. The molecule has 0 saturated carbocycles. The number of carbonyl (C=O) groups excluding carboxylic acids is 1. The van der Waals surface area contributed by atoms with Crippen LogP contribution in [0, 0.1) is 0 Å². The van der Waals surface area contributed by atoms with E-state index in [0.29, 0.717) is 5.91 Å². The lowest BCUT2D eigenvalue weighted by molar-refractivity contribution is -0.133. The van der Waals surface area contributed by atoms with Crippen LogP contribution in [0.25, 0.3) is 0 Å². The average molecular weight is 309 g/mol. The summed E-state index contributed by atoms with van der Waals surface area (Å²) < 4.78 is 0. The zero-order chi connectivity index (χ0) is 13.8. The zero-order valence-electron chi connectivity index (χ0n) is 11.3. The van der Waals surface area contributed by atoms with Gasteiger partial charge in [-0.15, -0.1) is 11.8 Å². The van der Waals surface area contributed by atoms with Crippen LogP contribution in [-0.4, -0.2) is 57.9 Å². The van der Waals surface area contributed by atoms with Crippen LogP contribution in [-0.2, 0) is 4.79 Å². The molecule has 1 amide bonds. The number of amides is 1. The molecule has 1 aromatic heterocycles. The van der Waals surface area contributed by atoms with Gasteiger partial charge in [-0.3, -0.25) is 9.78 Å². The summed E-state index contributed by atoms with van der Waals surface area (Å²) in [6.07, 6.45) is 3.65. The number of nitrogens with one attached hydrogen (secondary N) is 1. The molecule has 3 heterocycles. The molecule has 6 heteroatoms. The molecule has 20 heavy (non-hydrogen) atoms. The minimum absolute atomic E-state index is 0.123. The van der Waals surface area contributed by atoms with Gasteiger partial charge in [0.1, 0.15) is 0 Å². The molecule has 4 nitrogen and oxygen atoms in total. The van der Waals surface area contributed by atoms with E-state index >= 15 is 0 Å². The van der Waals surface area contributed by atoms with E-state index in [2.05, 4.69) is 21.3 Å². The van der Waals surface area contributed by atoms with Crippen molar-refractivity contribution in [3.05, 3.63) is 30.1 Å². The molecule has 2 atom stereocenters. The minimum Gasteiger partial charge on any atom is -0.332 e. The van der Waals surface area contributed by atoms with Crippen molar-refractivity contribution in [3.63, 3.8) is 0 Å². The molecule has 0 aliphatic carbocycles. The number of rotatable bonds is 2. The van der Waals surface area contributed by atoms with Crippen molar-refractivity contribution in [2.45, 2.75) is 11.3 Å². The Morgan fingerprint density at radius 2 is 2.40 bits per heavy atom. The quantitative estimate of drug-likeness (QED) is 0.895. The molecule has 2 fully saturated rings. The van der Waals surface area contributed by atoms with Gasteiger partial charge in [-0.05, 0) is 11.6 Å². The predicted octanol–water partition coefficient (Wildman–Crippen LogP) is 1.40. The van der Waals surface area contributed by atoms with E-state index in [9.17, 15) is 4.79 Å². The summed E-state index contributed by atoms with van der Waals surface area (Å²) in [4.78, 5) is 19.0. The van der Waals surface area contributed by atoms with Crippen LogP contribution in [0.2, 0.25) is 0 Å². The number of hydrogen-bond donors (Lipinski definition) is 1. The fourth-order valence-electron chi connectivity index (χ4n) is 2.65. The van der Waals surface area contributed by atoms with Gasteiger partial charge >= 0.3 is 0 Å². The Morgan fingerprint density at radius 1 is 1.45 bits per heavy atom. The number of hydrogen-bond acceptors (Lipinski definition) is 5. The summed E-state index contributed by atoms with van der Waals surface area (Å²) in [6.45, 7) is 2.50. The zero-order valence-corrected chi connectivity index (χ0v) is 13.0. The second-order valence-corrected chi connectivity index (χ2v) is 7.43. The number of aromatic nitrogens is 1. The molecule has 3 rings (SSSR count). The third kappa shape index (κ3) is 3.13. The lowest BCUT2D eigenvalue weighted by Gasteiger charge is -2.38. The first-order valence-electron chi connectivity index (χ1n) is 6.97. The average Bonchev–Trinajstić information content (AvgIpc) is 2.56. The van der Waals surface area contributed by atoms with Gasteiger partial charge in [-0.25, -0.2) is 0 Å². The lowest BCUT2D eigenvalue weighted by Crippen LogP contribution is -2.51. The maximum Gasteiger partial charge on any atom is 0.237 e. The Balaban J connectivity index is 1.76. The topological polar surface area (TPSA) is 45.2 Å². The number of piperazine rings is 1. The van der Waals surface area contributed by atoms with E-state index in [1.165, 1.54) is 5.75 Å². The molecule has 0 aromatic carbocycles. The maximum atomic E-state index is 12.8. The summed E-state index contributed by atoms with van der Waals surface area (Å²) in [7, 11) is 0. The summed E-state index contributed by atoms with van der Waals surface area (Å²) in [5.41, 5.74) is 1.13. The molecule has 1 aromatic rings. The van der Waals surface area contributed by atoms with Gasteiger partial charge in [-0.2, -0.15) is 11.8 Å². The first kappa shape index (κ1) is 14.2. The van der Waals surface area contributed by atoms with Crippen molar-refractivity contribution in [1.82, 2.24) is 15.2 Å². The lowest BCUT2D eigenvalue weighted by atomic mass is 10.0. The van der Waals surface area contributed by atoms with Gasteiger partial charge < -0.3 is 10.2 Å². The van der Waals surface area contributed by atoms with Gasteiger partial charge in [-0.1, -0.05) is 6.07 Å². The fraction of sp³-hybridized carbons (Fsp3) is 0.571. The van der Waals surface area contributed by atoms with E-state index < -0.39 is 0 Å². The van der Waals surface area contributed by atoms with Crippen LogP contribution in [0.4, 0.5) is 0 Å². The van der Waals surface area contributed by atoms with Gasteiger partial charge in [0.2, 0.25) is 5.91 Å². The standard InChI is InChI=1S/C14H19N3OS2/c18-14(13-10-19-6-7-20-13)17-5-4-16-9-12(17)11-2-1-3-15-8-11/h1-3,8,12-13,16H,4-7,9-10H2. The Bertz CT molecular complexity index is 451. The molecule has 2 aliphatic heterocycles. The SMILES string of the molecule is O=C(C1CSCCS1)N1CCNCC1c1cccnc1. The van der Waals surface area contributed by atoms with Gasteiger partial charge in [0.15, 0.2) is 0 Å². The minimum atomic E-state index is 0.123. The number of pyridine rings is 1. The Labute approximate surface area is 128 Å². The van der Waals surface area contributed by atoms with Crippen LogP contribution in [0.15, 0.2) is 24.5 Å². The van der Waals surface area contributed by atoms with Crippen LogP contribution in [0.1, 0.15) is 11.6 Å². The van der Waals surface area contributed by atoms with Crippen molar-refractivity contribution in [3.8, 4) is 0 Å². The highest BCUT2D eigenvalue weighted by Crippen LogP contribution is 2.29. The van der Waals surface area contributed by atoms with Crippen molar-refractivity contribution < 1.29 is 4.79 Å². The van der Waals surface area contributed by atoms with Gasteiger partial charge in [0.25, 0.3) is 0 Å². The predicted molar refractivity (Wildman–Crippen MR) is 85.1 cm³/mol.